The van der Waals surface area contributed by atoms with Crippen LogP contribution in [-0.2, 0) is 11.3 Å². The highest BCUT2D eigenvalue weighted by Crippen LogP contribution is 2.13. The molecule has 134 valence electrons. The number of rotatable bonds is 5. The molecule has 25 heavy (non-hydrogen) atoms. The molecule has 0 bridgehead atoms. The summed E-state index contributed by atoms with van der Waals surface area (Å²) < 4.78 is 1.53. The number of hydrogen-bond acceptors (Lipinski definition) is 6. The molecule has 1 saturated heterocycles. The fourth-order valence-electron chi connectivity index (χ4n) is 3.03. The fraction of sp³-hybridized carbons (Fsp3) is 0.588. The van der Waals surface area contributed by atoms with E-state index in [2.05, 4.69) is 44.3 Å². The van der Waals surface area contributed by atoms with Gasteiger partial charge >= 0.3 is 0 Å². The van der Waals surface area contributed by atoms with Crippen LogP contribution in [0.3, 0.4) is 0 Å². The number of hydrogen-bond donors (Lipinski definition) is 1. The van der Waals surface area contributed by atoms with E-state index in [1.165, 1.54) is 4.68 Å². The number of nitrogens with one attached hydrogen (secondary N) is 1. The summed E-state index contributed by atoms with van der Waals surface area (Å²) in [5, 5.41) is 11.2. The van der Waals surface area contributed by atoms with Crippen LogP contribution < -0.4 is 5.32 Å². The summed E-state index contributed by atoms with van der Waals surface area (Å²) in [6.07, 6.45) is 5.37. The third-order valence-corrected chi connectivity index (χ3v) is 4.49. The van der Waals surface area contributed by atoms with Crippen LogP contribution in [0.15, 0.2) is 18.5 Å². The normalized spacial score (nSPS) is 16.3. The van der Waals surface area contributed by atoms with Gasteiger partial charge in [0.2, 0.25) is 5.91 Å². The van der Waals surface area contributed by atoms with Gasteiger partial charge in [0.25, 0.3) is 0 Å². The SMILES string of the molecule is Cc1ccnc(-c2cn(CC(=O)NC3CCN(C(C)C)CC3)nn2)n1. The highest BCUT2D eigenvalue weighted by atomic mass is 16.2. The van der Waals surface area contributed by atoms with E-state index in [1.54, 1.807) is 12.4 Å². The first-order valence-electron chi connectivity index (χ1n) is 8.75. The maximum atomic E-state index is 12.3. The first-order chi connectivity index (χ1) is 12.0. The molecule has 1 amide bonds. The Kier molecular flexibility index (Phi) is 5.37. The molecule has 0 saturated carbocycles. The van der Waals surface area contributed by atoms with Crippen molar-refractivity contribution >= 4 is 5.91 Å². The van der Waals surface area contributed by atoms with Gasteiger partial charge in [-0.25, -0.2) is 14.6 Å². The van der Waals surface area contributed by atoms with Gasteiger partial charge in [-0.05, 0) is 39.7 Å². The molecule has 1 N–H and O–H groups in total. The Labute approximate surface area is 147 Å². The zero-order valence-corrected chi connectivity index (χ0v) is 15.0. The summed E-state index contributed by atoms with van der Waals surface area (Å²) in [7, 11) is 0. The van der Waals surface area contributed by atoms with Crippen LogP contribution in [0.2, 0.25) is 0 Å². The molecular formula is C17H25N7O. The molecule has 0 radical (unpaired) electrons. The van der Waals surface area contributed by atoms with Gasteiger partial charge in [-0.2, -0.15) is 0 Å². The Balaban J connectivity index is 1.52. The molecular weight excluding hydrogens is 318 g/mol. The Hall–Kier alpha value is -2.35. The summed E-state index contributed by atoms with van der Waals surface area (Å²) in [5.41, 5.74) is 1.44. The van der Waals surface area contributed by atoms with Gasteiger partial charge in [-0.1, -0.05) is 5.21 Å². The van der Waals surface area contributed by atoms with Gasteiger partial charge in [-0.3, -0.25) is 4.79 Å². The van der Waals surface area contributed by atoms with Gasteiger partial charge < -0.3 is 10.2 Å². The Morgan fingerprint density at radius 1 is 1.36 bits per heavy atom. The Bertz CT molecular complexity index is 719. The molecule has 8 heteroatoms. The van der Waals surface area contributed by atoms with Crippen molar-refractivity contribution in [2.45, 2.75) is 52.2 Å². The van der Waals surface area contributed by atoms with Gasteiger partial charge in [0, 0.05) is 37.1 Å². The molecule has 0 aliphatic carbocycles. The summed E-state index contributed by atoms with van der Waals surface area (Å²) in [6, 6.07) is 2.63. The first-order valence-corrected chi connectivity index (χ1v) is 8.75. The zero-order valence-electron chi connectivity index (χ0n) is 15.0. The van der Waals surface area contributed by atoms with E-state index in [4.69, 9.17) is 0 Å². The van der Waals surface area contributed by atoms with E-state index in [1.807, 2.05) is 13.0 Å². The Morgan fingerprint density at radius 2 is 2.12 bits per heavy atom. The molecule has 2 aromatic heterocycles. The molecule has 2 aromatic rings. The molecule has 1 fully saturated rings. The number of aryl methyl sites for hydroxylation is 1. The van der Waals surface area contributed by atoms with E-state index >= 15 is 0 Å². The second-order valence-corrected chi connectivity index (χ2v) is 6.79. The second kappa shape index (κ2) is 7.69. The van der Waals surface area contributed by atoms with Crippen molar-refractivity contribution < 1.29 is 4.79 Å². The minimum absolute atomic E-state index is 0.0374. The standard InChI is InChI=1S/C17H25N7O/c1-12(2)23-8-5-14(6-9-23)20-16(25)11-24-10-15(21-22-24)17-18-7-4-13(3)19-17/h4,7,10,12,14H,5-6,8-9,11H2,1-3H3,(H,20,25). The van der Waals surface area contributed by atoms with Crippen molar-refractivity contribution in [1.82, 2.24) is 35.2 Å². The lowest BCUT2D eigenvalue weighted by molar-refractivity contribution is -0.122. The van der Waals surface area contributed by atoms with Crippen molar-refractivity contribution in [2.24, 2.45) is 0 Å². The molecule has 1 aliphatic rings. The first kappa shape index (κ1) is 17.5. The molecule has 0 unspecified atom stereocenters. The number of amides is 1. The molecule has 1 aliphatic heterocycles. The topological polar surface area (TPSA) is 88.8 Å². The molecule has 3 heterocycles. The number of piperidine rings is 1. The van der Waals surface area contributed by atoms with Crippen LogP contribution in [0.25, 0.3) is 11.5 Å². The van der Waals surface area contributed by atoms with Crippen molar-refractivity contribution in [2.75, 3.05) is 13.1 Å². The molecule has 0 spiro atoms. The van der Waals surface area contributed by atoms with Crippen molar-refractivity contribution in [3.8, 4) is 11.5 Å². The van der Waals surface area contributed by atoms with Crippen LogP contribution in [0.4, 0.5) is 0 Å². The molecule has 0 aromatic carbocycles. The highest BCUT2D eigenvalue weighted by Gasteiger charge is 2.22. The maximum absolute atomic E-state index is 12.3. The van der Waals surface area contributed by atoms with Crippen molar-refractivity contribution in [3.63, 3.8) is 0 Å². The number of carbonyl (C=O) groups excluding carboxylic acids is 1. The van der Waals surface area contributed by atoms with Gasteiger partial charge in [-0.15, -0.1) is 5.10 Å². The van der Waals surface area contributed by atoms with Gasteiger partial charge in [0.15, 0.2) is 5.82 Å². The van der Waals surface area contributed by atoms with Gasteiger partial charge in [0.05, 0.1) is 6.20 Å². The van der Waals surface area contributed by atoms with E-state index in [0.717, 1.165) is 31.6 Å². The van der Waals surface area contributed by atoms with E-state index in [9.17, 15) is 4.79 Å². The minimum atomic E-state index is -0.0374. The van der Waals surface area contributed by atoms with Crippen LogP contribution in [0.5, 0.6) is 0 Å². The third kappa shape index (κ3) is 4.60. The fourth-order valence-corrected chi connectivity index (χ4v) is 3.03. The lowest BCUT2D eigenvalue weighted by Gasteiger charge is -2.34. The van der Waals surface area contributed by atoms with Crippen molar-refractivity contribution in [3.05, 3.63) is 24.2 Å². The molecule has 8 nitrogen and oxygen atoms in total. The van der Waals surface area contributed by atoms with Crippen LogP contribution in [0, 0.1) is 6.92 Å². The van der Waals surface area contributed by atoms with Gasteiger partial charge in [0.1, 0.15) is 12.2 Å². The monoisotopic (exact) mass is 343 g/mol. The van der Waals surface area contributed by atoms with Crippen LogP contribution >= 0.6 is 0 Å². The summed E-state index contributed by atoms with van der Waals surface area (Å²) in [6.45, 7) is 8.52. The average molecular weight is 343 g/mol. The lowest BCUT2D eigenvalue weighted by atomic mass is 10.0. The minimum Gasteiger partial charge on any atom is -0.352 e. The van der Waals surface area contributed by atoms with Crippen molar-refractivity contribution in [1.29, 1.82) is 0 Å². The Morgan fingerprint density at radius 3 is 2.80 bits per heavy atom. The molecule has 3 rings (SSSR count). The maximum Gasteiger partial charge on any atom is 0.242 e. The quantitative estimate of drug-likeness (QED) is 0.872. The largest absolute Gasteiger partial charge is 0.352 e. The number of aromatic nitrogens is 5. The van der Waals surface area contributed by atoms with Crippen LogP contribution in [0.1, 0.15) is 32.4 Å². The summed E-state index contributed by atoms with van der Waals surface area (Å²) >= 11 is 0. The zero-order chi connectivity index (χ0) is 17.8. The molecule has 0 atom stereocenters. The van der Waals surface area contributed by atoms with E-state index in [-0.39, 0.29) is 18.5 Å². The average Bonchev–Trinajstić information content (AvgIpc) is 3.03. The number of likely N-dealkylation sites (tertiary alicyclic amines) is 1. The summed E-state index contributed by atoms with van der Waals surface area (Å²) in [5.74, 6) is 0.484. The summed E-state index contributed by atoms with van der Waals surface area (Å²) in [4.78, 5) is 23.2. The predicted molar refractivity (Wildman–Crippen MR) is 93.7 cm³/mol. The van der Waals surface area contributed by atoms with E-state index < -0.39 is 0 Å². The predicted octanol–water partition coefficient (Wildman–Crippen LogP) is 1.03. The second-order valence-electron chi connectivity index (χ2n) is 6.79. The smallest absolute Gasteiger partial charge is 0.242 e. The number of nitrogens with zero attached hydrogens (tertiary/aromatic N) is 6. The van der Waals surface area contributed by atoms with Crippen LogP contribution in [-0.4, -0.2) is 60.9 Å². The van der Waals surface area contributed by atoms with E-state index in [0.29, 0.717) is 17.6 Å². The third-order valence-electron chi connectivity index (χ3n) is 4.49. The number of carbonyl (C=O) groups is 1. The lowest BCUT2D eigenvalue weighted by Crippen LogP contribution is -2.47. The highest BCUT2D eigenvalue weighted by molar-refractivity contribution is 5.76.